The lowest BCUT2D eigenvalue weighted by molar-refractivity contribution is -0.133. The minimum atomic E-state index is -0.518. The van der Waals surface area contributed by atoms with Gasteiger partial charge in [-0.3, -0.25) is 9.59 Å². The van der Waals surface area contributed by atoms with E-state index in [1.54, 1.807) is 18.3 Å². The zero-order valence-electron chi connectivity index (χ0n) is 11.2. The summed E-state index contributed by atoms with van der Waals surface area (Å²) in [6, 6.07) is 1.44. The molecule has 0 aliphatic heterocycles. The van der Waals surface area contributed by atoms with E-state index in [0.29, 0.717) is 6.54 Å². The van der Waals surface area contributed by atoms with Crippen molar-refractivity contribution < 1.29 is 9.59 Å². The molecule has 0 aliphatic carbocycles. The van der Waals surface area contributed by atoms with Gasteiger partial charge < -0.3 is 10.6 Å². The van der Waals surface area contributed by atoms with Crippen LogP contribution in [0.3, 0.4) is 0 Å². The summed E-state index contributed by atoms with van der Waals surface area (Å²) in [5.41, 5.74) is 0.588. The summed E-state index contributed by atoms with van der Waals surface area (Å²) in [7, 11) is 0. The fourth-order valence-corrected chi connectivity index (χ4v) is 1.88. The first-order valence-corrected chi connectivity index (χ1v) is 6.84. The smallest absolute Gasteiger partial charge is 0.242 e. The average molecular weight is 268 g/mol. The highest BCUT2D eigenvalue weighted by Gasteiger charge is 2.24. The molecule has 4 nitrogen and oxygen atoms in total. The Morgan fingerprint density at radius 3 is 2.56 bits per heavy atom. The van der Waals surface area contributed by atoms with Crippen LogP contribution in [0.1, 0.15) is 33.3 Å². The van der Waals surface area contributed by atoms with Crippen molar-refractivity contribution >= 4 is 23.2 Å². The fourth-order valence-electron chi connectivity index (χ4n) is 1.21. The molecule has 0 saturated carbocycles. The molecule has 0 aliphatic rings. The predicted molar refractivity (Wildman–Crippen MR) is 73.2 cm³/mol. The van der Waals surface area contributed by atoms with Crippen molar-refractivity contribution in [1.82, 2.24) is 10.6 Å². The molecule has 0 saturated heterocycles. The molecule has 2 N–H and O–H groups in total. The van der Waals surface area contributed by atoms with Gasteiger partial charge in [0.1, 0.15) is 6.04 Å². The van der Waals surface area contributed by atoms with E-state index >= 15 is 0 Å². The zero-order valence-corrected chi connectivity index (χ0v) is 12.1. The van der Waals surface area contributed by atoms with Gasteiger partial charge in [0.2, 0.25) is 11.8 Å². The minimum Gasteiger partial charge on any atom is -0.350 e. The molecule has 18 heavy (non-hydrogen) atoms. The summed E-state index contributed by atoms with van der Waals surface area (Å²) < 4.78 is 0. The van der Waals surface area contributed by atoms with Gasteiger partial charge in [-0.1, -0.05) is 20.8 Å². The van der Waals surface area contributed by atoms with E-state index in [-0.39, 0.29) is 11.8 Å². The number of rotatable bonds is 4. The monoisotopic (exact) mass is 268 g/mol. The standard InChI is InChI=1S/C13H20N2O2S/c1-9(15-12(17)13(2,3)4)11(16)14-7-10-5-6-18-8-10/h5-6,8-9H,7H2,1-4H3,(H,14,16)(H,15,17). The van der Waals surface area contributed by atoms with Gasteiger partial charge in [-0.15, -0.1) is 0 Å². The third-order valence-electron chi connectivity index (χ3n) is 2.47. The summed E-state index contributed by atoms with van der Waals surface area (Å²) in [5.74, 6) is -0.292. The SMILES string of the molecule is CC(NC(=O)C(C)(C)C)C(=O)NCc1ccsc1. The number of nitrogens with one attached hydrogen (secondary N) is 2. The minimum absolute atomic E-state index is 0.124. The average Bonchev–Trinajstić information content (AvgIpc) is 2.77. The molecule has 1 aromatic rings. The molecule has 5 heteroatoms. The molecule has 1 rings (SSSR count). The first-order valence-electron chi connectivity index (χ1n) is 5.90. The van der Waals surface area contributed by atoms with Crippen LogP contribution in [0.15, 0.2) is 16.8 Å². The van der Waals surface area contributed by atoms with Crippen LogP contribution >= 0.6 is 11.3 Å². The highest BCUT2D eigenvalue weighted by molar-refractivity contribution is 7.07. The van der Waals surface area contributed by atoms with E-state index in [9.17, 15) is 9.59 Å². The maximum absolute atomic E-state index is 11.8. The number of carbonyl (C=O) groups is 2. The molecule has 1 unspecified atom stereocenters. The number of hydrogen-bond donors (Lipinski definition) is 2. The second kappa shape index (κ2) is 6.00. The lowest BCUT2D eigenvalue weighted by Gasteiger charge is -2.21. The maximum atomic E-state index is 11.8. The van der Waals surface area contributed by atoms with Crippen LogP contribution in [0, 0.1) is 5.41 Å². The van der Waals surface area contributed by atoms with Gasteiger partial charge in [-0.05, 0) is 29.3 Å². The Bertz CT molecular complexity index is 407. The largest absolute Gasteiger partial charge is 0.350 e. The van der Waals surface area contributed by atoms with Gasteiger partial charge in [0.15, 0.2) is 0 Å². The Morgan fingerprint density at radius 2 is 2.06 bits per heavy atom. The molecule has 2 amide bonds. The normalized spacial score (nSPS) is 12.9. The molecule has 0 aromatic carbocycles. The Labute approximate surface area is 112 Å². The maximum Gasteiger partial charge on any atom is 0.242 e. The van der Waals surface area contributed by atoms with Crippen LogP contribution < -0.4 is 10.6 Å². The third-order valence-corrected chi connectivity index (χ3v) is 3.20. The van der Waals surface area contributed by atoms with Crippen molar-refractivity contribution in [3.8, 4) is 0 Å². The summed E-state index contributed by atoms with van der Waals surface area (Å²) in [4.78, 5) is 23.5. The predicted octanol–water partition coefficient (Wildman–Crippen LogP) is 1.92. The van der Waals surface area contributed by atoms with E-state index < -0.39 is 11.5 Å². The summed E-state index contributed by atoms with van der Waals surface area (Å²) >= 11 is 1.59. The number of hydrogen-bond acceptors (Lipinski definition) is 3. The van der Waals surface area contributed by atoms with Gasteiger partial charge in [0.25, 0.3) is 0 Å². The molecular weight excluding hydrogens is 248 g/mol. The molecule has 1 heterocycles. The Hall–Kier alpha value is -1.36. The van der Waals surface area contributed by atoms with Crippen LogP contribution in [0.25, 0.3) is 0 Å². The molecule has 0 spiro atoms. The Morgan fingerprint density at radius 1 is 1.39 bits per heavy atom. The lowest BCUT2D eigenvalue weighted by Crippen LogP contribution is -2.48. The highest BCUT2D eigenvalue weighted by Crippen LogP contribution is 2.12. The van der Waals surface area contributed by atoms with Crippen molar-refractivity contribution in [3.05, 3.63) is 22.4 Å². The lowest BCUT2D eigenvalue weighted by atomic mass is 9.95. The van der Waals surface area contributed by atoms with Crippen LogP contribution in [0.2, 0.25) is 0 Å². The molecule has 100 valence electrons. The topological polar surface area (TPSA) is 58.2 Å². The van der Waals surface area contributed by atoms with Crippen molar-refractivity contribution in [2.45, 2.75) is 40.3 Å². The Balaban J connectivity index is 2.40. The number of amides is 2. The van der Waals surface area contributed by atoms with Gasteiger partial charge in [0, 0.05) is 12.0 Å². The van der Waals surface area contributed by atoms with Crippen LogP contribution in [0.5, 0.6) is 0 Å². The third kappa shape index (κ3) is 4.49. The van der Waals surface area contributed by atoms with Crippen molar-refractivity contribution in [2.24, 2.45) is 5.41 Å². The molecular formula is C13H20N2O2S. The van der Waals surface area contributed by atoms with Crippen LogP contribution in [-0.4, -0.2) is 17.9 Å². The van der Waals surface area contributed by atoms with Crippen molar-refractivity contribution in [2.75, 3.05) is 0 Å². The van der Waals surface area contributed by atoms with Gasteiger partial charge in [0.05, 0.1) is 0 Å². The van der Waals surface area contributed by atoms with Crippen molar-refractivity contribution in [3.63, 3.8) is 0 Å². The van der Waals surface area contributed by atoms with Crippen LogP contribution in [-0.2, 0) is 16.1 Å². The molecule has 0 bridgehead atoms. The highest BCUT2D eigenvalue weighted by atomic mass is 32.1. The van der Waals surface area contributed by atoms with E-state index in [2.05, 4.69) is 10.6 Å². The molecule has 0 radical (unpaired) electrons. The second-order valence-electron chi connectivity index (χ2n) is 5.29. The van der Waals surface area contributed by atoms with E-state index in [0.717, 1.165) is 5.56 Å². The first kappa shape index (κ1) is 14.7. The molecule has 1 aromatic heterocycles. The zero-order chi connectivity index (χ0) is 13.8. The van der Waals surface area contributed by atoms with E-state index in [1.165, 1.54) is 0 Å². The van der Waals surface area contributed by atoms with E-state index in [1.807, 2.05) is 37.6 Å². The number of carbonyl (C=O) groups excluding carboxylic acids is 2. The summed E-state index contributed by atoms with van der Waals surface area (Å²) in [6.07, 6.45) is 0. The summed E-state index contributed by atoms with van der Waals surface area (Å²) in [6.45, 7) is 7.64. The quantitative estimate of drug-likeness (QED) is 0.876. The summed E-state index contributed by atoms with van der Waals surface area (Å²) in [5, 5.41) is 9.45. The van der Waals surface area contributed by atoms with Gasteiger partial charge in [-0.25, -0.2) is 0 Å². The van der Waals surface area contributed by atoms with Gasteiger partial charge in [-0.2, -0.15) is 11.3 Å². The first-order chi connectivity index (χ1) is 8.30. The molecule has 0 fully saturated rings. The fraction of sp³-hybridized carbons (Fsp3) is 0.538. The van der Waals surface area contributed by atoms with Gasteiger partial charge >= 0.3 is 0 Å². The number of thiophene rings is 1. The van der Waals surface area contributed by atoms with Crippen LogP contribution in [0.4, 0.5) is 0 Å². The Kier molecular flexibility index (Phi) is 4.90. The van der Waals surface area contributed by atoms with E-state index in [4.69, 9.17) is 0 Å². The van der Waals surface area contributed by atoms with Crippen molar-refractivity contribution in [1.29, 1.82) is 0 Å². The molecule has 1 atom stereocenters. The second-order valence-corrected chi connectivity index (χ2v) is 6.07.